The minimum atomic E-state index is -1.06. The van der Waals surface area contributed by atoms with E-state index in [2.05, 4.69) is 25.6 Å². The summed E-state index contributed by atoms with van der Waals surface area (Å²) in [6.45, 7) is 0.423. The Morgan fingerprint density at radius 3 is 2.69 bits per heavy atom. The van der Waals surface area contributed by atoms with Gasteiger partial charge in [-0.1, -0.05) is 6.07 Å². The predicted octanol–water partition coefficient (Wildman–Crippen LogP) is 4.20. The number of nitrogens with zero attached hydrogens (tertiary/aromatic N) is 1. The lowest BCUT2D eigenvalue weighted by molar-refractivity contribution is 0.0690. The number of aromatic nitrogens is 3. The van der Waals surface area contributed by atoms with Crippen LogP contribution in [0.1, 0.15) is 43.3 Å². The zero-order valence-electron chi connectivity index (χ0n) is 18.9. The molecule has 0 atom stereocenters. The molecule has 3 aromatic heterocycles. The largest absolute Gasteiger partial charge is 0.477 e. The molecule has 0 saturated heterocycles. The molecule has 5 aromatic rings. The van der Waals surface area contributed by atoms with Gasteiger partial charge in [-0.05, 0) is 61.3 Å². The fourth-order valence-corrected chi connectivity index (χ4v) is 4.78. The fourth-order valence-electron chi connectivity index (χ4n) is 4.10. The van der Waals surface area contributed by atoms with Gasteiger partial charge in [-0.3, -0.25) is 14.9 Å². The van der Waals surface area contributed by atoms with Crippen molar-refractivity contribution < 1.29 is 19.5 Å². The van der Waals surface area contributed by atoms with E-state index in [1.807, 2.05) is 18.2 Å². The summed E-state index contributed by atoms with van der Waals surface area (Å²) in [6.07, 6.45) is 2.89. The highest BCUT2D eigenvalue weighted by Gasteiger charge is 2.19. The number of H-pyrrole nitrogens is 2. The van der Waals surface area contributed by atoms with Crippen LogP contribution >= 0.6 is 11.3 Å². The van der Waals surface area contributed by atoms with Gasteiger partial charge < -0.3 is 26.1 Å². The van der Waals surface area contributed by atoms with Gasteiger partial charge in [0.05, 0.1) is 5.69 Å². The van der Waals surface area contributed by atoms with Crippen molar-refractivity contribution >= 4 is 61.7 Å². The van der Waals surface area contributed by atoms with Crippen molar-refractivity contribution in [2.75, 3.05) is 17.2 Å². The number of carboxylic acid groups (broad SMARTS) is 1. The molecule has 0 saturated carbocycles. The van der Waals surface area contributed by atoms with Crippen molar-refractivity contribution in [2.45, 2.75) is 12.8 Å². The molecule has 2 amide bonds. The van der Waals surface area contributed by atoms with Gasteiger partial charge >= 0.3 is 5.97 Å². The van der Waals surface area contributed by atoms with Crippen LogP contribution in [0.3, 0.4) is 0 Å². The highest BCUT2D eigenvalue weighted by Crippen LogP contribution is 2.27. The summed E-state index contributed by atoms with van der Waals surface area (Å²) in [5.41, 5.74) is 9.03. The van der Waals surface area contributed by atoms with Crippen molar-refractivity contribution in [3.63, 3.8) is 0 Å². The average molecular weight is 503 g/mol. The maximum absolute atomic E-state index is 12.9. The van der Waals surface area contributed by atoms with Crippen LogP contribution in [-0.4, -0.2) is 44.4 Å². The lowest BCUT2D eigenvalue weighted by atomic mass is 10.0. The molecule has 0 aliphatic rings. The smallest absolute Gasteiger partial charge is 0.352 e. The molecule has 3 heterocycles. The molecule has 0 radical (unpaired) electrons. The topological polar surface area (TPSA) is 166 Å². The van der Waals surface area contributed by atoms with E-state index in [0.717, 1.165) is 22.2 Å². The van der Waals surface area contributed by atoms with Crippen molar-refractivity contribution in [1.29, 1.82) is 0 Å². The number of anilines is 2. The van der Waals surface area contributed by atoms with E-state index in [1.54, 1.807) is 35.8 Å². The molecule has 2 aromatic carbocycles. The number of carboxylic acids is 1. The highest BCUT2D eigenvalue weighted by atomic mass is 32.1. The van der Waals surface area contributed by atoms with Crippen molar-refractivity contribution in [3.8, 4) is 0 Å². The molecule has 0 aliphatic heterocycles. The molecule has 0 fully saturated rings. The number of fused-ring (bicyclic) bond motifs is 2. The predicted molar refractivity (Wildman–Crippen MR) is 139 cm³/mol. The molecule has 36 heavy (non-hydrogen) atoms. The van der Waals surface area contributed by atoms with Crippen LogP contribution in [0.15, 0.2) is 54.0 Å². The van der Waals surface area contributed by atoms with Gasteiger partial charge in [0.25, 0.3) is 11.8 Å². The lowest BCUT2D eigenvalue weighted by Crippen LogP contribution is -2.14. The van der Waals surface area contributed by atoms with E-state index < -0.39 is 11.9 Å². The molecule has 182 valence electrons. The standard InChI is InChI=1S/C25H22N6O4S/c26-9-2-3-14-16-11-13(6-7-19(16)28-21(14)24(34)35)22(32)31-25-30-20(12-36-25)23(33)29-18-5-1-4-17-15(18)8-10-27-17/h1,4-8,10-12,27-28H,2-3,9,26H2,(H,29,33)(H,34,35)(H,30,31,32). The zero-order chi connectivity index (χ0) is 25.2. The average Bonchev–Trinajstić information content (AvgIpc) is 3.61. The van der Waals surface area contributed by atoms with Crippen LogP contribution in [-0.2, 0) is 6.42 Å². The van der Waals surface area contributed by atoms with Crippen LogP contribution in [0.2, 0.25) is 0 Å². The Hall–Kier alpha value is -4.48. The quantitative estimate of drug-likeness (QED) is 0.186. The first kappa shape index (κ1) is 23.3. The summed E-state index contributed by atoms with van der Waals surface area (Å²) in [5.74, 6) is -1.87. The Morgan fingerprint density at radius 2 is 1.89 bits per heavy atom. The van der Waals surface area contributed by atoms with Crippen molar-refractivity contribution in [3.05, 3.63) is 76.6 Å². The maximum atomic E-state index is 12.9. The van der Waals surface area contributed by atoms with Gasteiger partial charge in [0.2, 0.25) is 0 Å². The van der Waals surface area contributed by atoms with Gasteiger partial charge in [0.1, 0.15) is 11.4 Å². The number of carbonyl (C=O) groups excluding carboxylic acids is 2. The first-order valence-corrected chi connectivity index (χ1v) is 12.0. The van der Waals surface area contributed by atoms with Gasteiger partial charge in [0, 0.05) is 38.9 Å². The third-order valence-electron chi connectivity index (χ3n) is 5.81. The lowest BCUT2D eigenvalue weighted by Gasteiger charge is -2.05. The number of hydrogen-bond donors (Lipinski definition) is 6. The monoisotopic (exact) mass is 502 g/mol. The van der Waals surface area contributed by atoms with E-state index in [-0.39, 0.29) is 22.4 Å². The molecule has 0 spiro atoms. The van der Waals surface area contributed by atoms with Gasteiger partial charge in [-0.2, -0.15) is 0 Å². The third-order valence-corrected chi connectivity index (χ3v) is 6.57. The molecule has 11 heteroatoms. The highest BCUT2D eigenvalue weighted by molar-refractivity contribution is 7.14. The van der Waals surface area contributed by atoms with Crippen LogP contribution in [0.25, 0.3) is 21.8 Å². The fraction of sp³-hybridized carbons (Fsp3) is 0.120. The number of nitrogens with one attached hydrogen (secondary N) is 4. The van der Waals surface area contributed by atoms with E-state index in [0.29, 0.717) is 47.1 Å². The van der Waals surface area contributed by atoms with E-state index in [1.165, 1.54) is 0 Å². The second-order valence-electron chi connectivity index (χ2n) is 8.13. The Kier molecular flexibility index (Phi) is 6.23. The molecule has 0 bridgehead atoms. The summed E-state index contributed by atoms with van der Waals surface area (Å²) >= 11 is 1.13. The van der Waals surface area contributed by atoms with Crippen LogP contribution in [0.5, 0.6) is 0 Å². The number of aryl methyl sites for hydroxylation is 1. The summed E-state index contributed by atoms with van der Waals surface area (Å²) < 4.78 is 0. The Balaban J connectivity index is 1.33. The maximum Gasteiger partial charge on any atom is 0.352 e. The van der Waals surface area contributed by atoms with Gasteiger partial charge in [-0.25, -0.2) is 9.78 Å². The van der Waals surface area contributed by atoms with E-state index in [9.17, 15) is 19.5 Å². The molecular weight excluding hydrogens is 480 g/mol. The number of aromatic amines is 2. The van der Waals surface area contributed by atoms with Crippen molar-refractivity contribution in [1.82, 2.24) is 15.0 Å². The van der Waals surface area contributed by atoms with E-state index in [4.69, 9.17) is 5.73 Å². The molecule has 0 aliphatic carbocycles. The second-order valence-corrected chi connectivity index (χ2v) is 8.99. The Morgan fingerprint density at radius 1 is 1.03 bits per heavy atom. The number of carbonyl (C=O) groups is 3. The SMILES string of the molecule is NCCCc1c(C(=O)O)[nH]c2ccc(C(=O)Nc3nc(C(=O)Nc4cccc5[nH]ccc45)cs3)cc12. The van der Waals surface area contributed by atoms with Crippen LogP contribution in [0, 0.1) is 0 Å². The molecule has 0 unspecified atom stereocenters. The van der Waals surface area contributed by atoms with Gasteiger partial charge in [-0.15, -0.1) is 11.3 Å². The van der Waals surface area contributed by atoms with Gasteiger partial charge in [0.15, 0.2) is 5.13 Å². The first-order valence-electron chi connectivity index (χ1n) is 11.2. The molecule has 7 N–H and O–H groups in total. The number of hydrogen-bond acceptors (Lipinski definition) is 6. The summed E-state index contributed by atoms with van der Waals surface area (Å²) in [7, 11) is 0. The molecule has 5 rings (SSSR count). The number of nitrogens with two attached hydrogens (primary N) is 1. The van der Waals surface area contributed by atoms with Crippen molar-refractivity contribution in [2.24, 2.45) is 5.73 Å². The Labute approximate surface area is 208 Å². The second kappa shape index (κ2) is 9.64. The van der Waals surface area contributed by atoms with E-state index >= 15 is 0 Å². The van der Waals surface area contributed by atoms with Crippen LogP contribution in [0.4, 0.5) is 10.8 Å². The molecule has 10 nitrogen and oxygen atoms in total. The zero-order valence-corrected chi connectivity index (χ0v) is 19.7. The first-order chi connectivity index (χ1) is 17.4. The molecular formula is C25H22N6O4S. The third kappa shape index (κ3) is 4.44. The minimum Gasteiger partial charge on any atom is -0.477 e. The number of amides is 2. The normalized spacial score (nSPS) is 11.1. The number of rotatable bonds is 8. The number of aromatic carboxylic acids is 1. The number of thiazole rings is 1. The Bertz CT molecular complexity index is 1620. The minimum absolute atomic E-state index is 0.0990. The number of benzene rings is 2. The van der Waals surface area contributed by atoms with Crippen LogP contribution < -0.4 is 16.4 Å². The summed E-state index contributed by atoms with van der Waals surface area (Å²) in [4.78, 5) is 47.6. The summed E-state index contributed by atoms with van der Waals surface area (Å²) in [5, 5.41) is 18.5. The summed E-state index contributed by atoms with van der Waals surface area (Å²) in [6, 6.07) is 12.4.